The highest BCUT2D eigenvalue weighted by Gasteiger charge is 2.19. The van der Waals surface area contributed by atoms with Crippen molar-refractivity contribution in [3.8, 4) is 0 Å². The van der Waals surface area contributed by atoms with Gasteiger partial charge in [0.2, 0.25) is 5.91 Å². The number of rotatable bonds is 9. The number of benzene rings is 1. The zero-order chi connectivity index (χ0) is 22.2. The first-order valence-corrected chi connectivity index (χ1v) is 11.0. The Bertz CT molecular complexity index is 772. The van der Waals surface area contributed by atoms with Gasteiger partial charge in [-0.25, -0.2) is 0 Å². The number of carboxylic acid groups (broad SMARTS) is 1. The van der Waals surface area contributed by atoms with Gasteiger partial charge in [0.1, 0.15) is 0 Å². The molecule has 1 aromatic rings. The SMILES string of the molecule is CN1CCN(Cc2ccc(CN(C)C(=O)CNCC3=CC(C(=O)O)CCN3)cc2)CC1. The molecule has 1 unspecified atom stereocenters. The Hall–Kier alpha value is -2.42. The van der Waals surface area contributed by atoms with E-state index in [0.29, 0.717) is 26.1 Å². The van der Waals surface area contributed by atoms with E-state index in [9.17, 15) is 9.59 Å². The summed E-state index contributed by atoms with van der Waals surface area (Å²) in [5.41, 5.74) is 3.25. The van der Waals surface area contributed by atoms with Crippen LogP contribution in [0.2, 0.25) is 0 Å². The van der Waals surface area contributed by atoms with E-state index in [1.807, 2.05) is 0 Å². The molecule has 0 aromatic heterocycles. The highest BCUT2D eigenvalue weighted by Crippen LogP contribution is 2.13. The molecule has 0 spiro atoms. The summed E-state index contributed by atoms with van der Waals surface area (Å²) in [4.78, 5) is 30.1. The summed E-state index contributed by atoms with van der Waals surface area (Å²) in [6, 6.07) is 8.52. The van der Waals surface area contributed by atoms with Crippen LogP contribution in [0.15, 0.2) is 36.0 Å². The van der Waals surface area contributed by atoms with Crippen LogP contribution in [0, 0.1) is 5.92 Å². The molecule has 0 radical (unpaired) electrons. The summed E-state index contributed by atoms with van der Waals surface area (Å²) >= 11 is 0. The second-order valence-corrected chi connectivity index (χ2v) is 8.60. The molecule has 0 saturated carbocycles. The number of hydrogen-bond acceptors (Lipinski definition) is 6. The summed E-state index contributed by atoms with van der Waals surface area (Å²) in [6.07, 6.45) is 2.32. The maximum atomic E-state index is 12.4. The Labute approximate surface area is 184 Å². The van der Waals surface area contributed by atoms with E-state index in [0.717, 1.165) is 44.0 Å². The molecular weight excluding hydrogens is 394 g/mol. The average molecular weight is 430 g/mol. The van der Waals surface area contributed by atoms with Gasteiger partial charge in [0, 0.05) is 65.1 Å². The second-order valence-electron chi connectivity index (χ2n) is 8.60. The van der Waals surface area contributed by atoms with E-state index < -0.39 is 11.9 Å². The van der Waals surface area contributed by atoms with Crippen molar-refractivity contribution in [2.45, 2.75) is 19.5 Å². The molecular formula is C23H35N5O3. The minimum atomic E-state index is -0.802. The topological polar surface area (TPSA) is 88.2 Å². The molecule has 1 saturated heterocycles. The van der Waals surface area contributed by atoms with Crippen LogP contribution in [0.3, 0.4) is 0 Å². The van der Waals surface area contributed by atoms with Gasteiger partial charge in [0.25, 0.3) is 0 Å². The van der Waals surface area contributed by atoms with Crippen molar-refractivity contribution >= 4 is 11.9 Å². The third-order valence-corrected chi connectivity index (χ3v) is 5.99. The number of carbonyl (C=O) groups is 2. The Morgan fingerprint density at radius 1 is 1.16 bits per heavy atom. The molecule has 2 heterocycles. The number of carbonyl (C=O) groups excluding carboxylic acids is 1. The Kier molecular flexibility index (Phi) is 8.45. The maximum absolute atomic E-state index is 12.4. The molecule has 8 nitrogen and oxygen atoms in total. The van der Waals surface area contributed by atoms with Crippen molar-refractivity contribution in [2.24, 2.45) is 5.92 Å². The van der Waals surface area contributed by atoms with Crippen LogP contribution in [0.4, 0.5) is 0 Å². The predicted molar refractivity (Wildman–Crippen MR) is 120 cm³/mol. The first-order chi connectivity index (χ1) is 14.9. The molecule has 2 aliphatic heterocycles. The van der Waals surface area contributed by atoms with E-state index >= 15 is 0 Å². The van der Waals surface area contributed by atoms with Crippen molar-refractivity contribution in [3.05, 3.63) is 47.2 Å². The van der Waals surface area contributed by atoms with E-state index in [1.165, 1.54) is 5.56 Å². The number of carboxylic acids is 1. The van der Waals surface area contributed by atoms with Crippen molar-refractivity contribution in [1.82, 2.24) is 25.3 Å². The monoisotopic (exact) mass is 429 g/mol. The maximum Gasteiger partial charge on any atom is 0.310 e. The number of nitrogens with zero attached hydrogens (tertiary/aromatic N) is 3. The molecule has 0 bridgehead atoms. The van der Waals surface area contributed by atoms with E-state index in [2.05, 4.69) is 51.7 Å². The van der Waals surface area contributed by atoms with Crippen LogP contribution in [0.25, 0.3) is 0 Å². The van der Waals surface area contributed by atoms with Gasteiger partial charge >= 0.3 is 5.97 Å². The van der Waals surface area contributed by atoms with Crippen LogP contribution in [0.1, 0.15) is 17.5 Å². The fourth-order valence-electron chi connectivity index (χ4n) is 3.90. The number of nitrogens with one attached hydrogen (secondary N) is 2. The summed E-state index contributed by atoms with van der Waals surface area (Å²) in [7, 11) is 3.97. The summed E-state index contributed by atoms with van der Waals surface area (Å²) in [6.45, 7) is 7.30. The minimum Gasteiger partial charge on any atom is -0.481 e. The van der Waals surface area contributed by atoms with E-state index in [1.54, 1.807) is 18.0 Å². The molecule has 31 heavy (non-hydrogen) atoms. The van der Waals surface area contributed by atoms with Gasteiger partial charge in [-0.3, -0.25) is 14.5 Å². The first-order valence-electron chi connectivity index (χ1n) is 11.0. The zero-order valence-electron chi connectivity index (χ0n) is 18.6. The highest BCUT2D eigenvalue weighted by molar-refractivity contribution is 5.78. The summed E-state index contributed by atoms with van der Waals surface area (Å²) in [5.74, 6) is -1.24. The normalized spacial score (nSPS) is 20.1. The number of piperazine rings is 1. The summed E-state index contributed by atoms with van der Waals surface area (Å²) in [5, 5.41) is 15.4. The lowest BCUT2D eigenvalue weighted by Gasteiger charge is -2.32. The van der Waals surface area contributed by atoms with Crippen LogP contribution >= 0.6 is 0 Å². The molecule has 170 valence electrons. The molecule has 3 N–H and O–H groups in total. The predicted octanol–water partition coefficient (Wildman–Crippen LogP) is 0.560. The fourth-order valence-corrected chi connectivity index (χ4v) is 3.90. The van der Waals surface area contributed by atoms with Crippen molar-refractivity contribution in [3.63, 3.8) is 0 Å². The average Bonchev–Trinajstić information content (AvgIpc) is 2.76. The third kappa shape index (κ3) is 7.34. The zero-order valence-corrected chi connectivity index (χ0v) is 18.6. The molecule has 1 fully saturated rings. The lowest BCUT2D eigenvalue weighted by molar-refractivity contribution is -0.140. The number of amides is 1. The Morgan fingerprint density at radius 2 is 1.84 bits per heavy atom. The van der Waals surface area contributed by atoms with E-state index in [-0.39, 0.29) is 12.5 Å². The minimum absolute atomic E-state index is 0.00714. The molecule has 2 aliphatic rings. The van der Waals surface area contributed by atoms with E-state index in [4.69, 9.17) is 5.11 Å². The van der Waals surface area contributed by atoms with Gasteiger partial charge in [-0.15, -0.1) is 0 Å². The highest BCUT2D eigenvalue weighted by atomic mass is 16.4. The second kappa shape index (κ2) is 11.3. The number of aliphatic carboxylic acids is 1. The van der Waals surface area contributed by atoms with Gasteiger partial charge < -0.3 is 25.5 Å². The molecule has 3 rings (SSSR count). The fraction of sp³-hybridized carbons (Fsp3) is 0.565. The third-order valence-electron chi connectivity index (χ3n) is 5.99. The quantitative estimate of drug-likeness (QED) is 0.529. The van der Waals surface area contributed by atoms with Crippen LogP contribution in [-0.2, 0) is 22.7 Å². The smallest absolute Gasteiger partial charge is 0.310 e. The van der Waals surface area contributed by atoms with Crippen LogP contribution < -0.4 is 10.6 Å². The van der Waals surface area contributed by atoms with Gasteiger partial charge in [0.05, 0.1) is 12.5 Å². The van der Waals surface area contributed by atoms with Gasteiger partial charge in [-0.05, 0) is 30.7 Å². The van der Waals surface area contributed by atoms with Gasteiger partial charge in [-0.2, -0.15) is 0 Å². The van der Waals surface area contributed by atoms with Gasteiger partial charge in [-0.1, -0.05) is 24.3 Å². The lowest BCUT2D eigenvalue weighted by atomic mass is 10.0. The molecule has 1 amide bonds. The van der Waals surface area contributed by atoms with Gasteiger partial charge in [0.15, 0.2) is 0 Å². The molecule has 1 atom stereocenters. The van der Waals surface area contributed by atoms with Crippen molar-refractivity contribution in [2.75, 3.05) is 59.9 Å². The first kappa shape index (κ1) is 23.2. The van der Waals surface area contributed by atoms with Crippen LogP contribution in [0.5, 0.6) is 0 Å². The van der Waals surface area contributed by atoms with Crippen molar-refractivity contribution in [1.29, 1.82) is 0 Å². The summed E-state index contributed by atoms with van der Waals surface area (Å²) < 4.78 is 0. The van der Waals surface area contributed by atoms with Crippen molar-refractivity contribution < 1.29 is 14.7 Å². The Balaban J connectivity index is 1.39. The number of likely N-dealkylation sites (N-methyl/N-ethyl adjacent to an activating group) is 2. The molecule has 8 heteroatoms. The van der Waals surface area contributed by atoms with Crippen LogP contribution in [-0.4, -0.2) is 91.6 Å². The standard InChI is InChI=1S/C23H35N5O3/c1-26-9-11-28(12-10-26)17-19-5-3-18(4-6-19)16-27(2)22(29)15-24-14-21-13-20(23(30)31)7-8-25-21/h3-6,13,20,24-25H,7-12,14-17H2,1-2H3,(H,30,31). The Morgan fingerprint density at radius 3 is 2.52 bits per heavy atom. The lowest BCUT2D eigenvalue weighted by Crippen LogP contribution is -2.43. The molecule has 0 aliphatic carbocycles. The largest absolute Gasteiger partial charge is 0.481 e. The molecule has 1 aromatic carbocycles. The number of hydrogen-bond donors (Lipinski definition) is 3.